The fourth-order valence-corrected chi connectivity index (χ4v) is 2.56. The van der Waals surface area contributed by atoms with Gasteiger partial charge >= 0.3 is 5.97 Å². The number of allylic oxidation sites excluding steroid dienone is 1. The van der Waals surface area contributed by atoms with Gasteiger partial charge in [0.25, 0.3) is 0 Å². The summed E-state index contributed by atoms with van der Waals surface area (Å²) in [5.41, 5.74) is 3.15. The summed E-state index contributed by atoms with van der Waals surface area (Å²) in [4.78, 5) is 14.0. The molecule has 0 radical (unpaired) electrons. The second-order valence-electron chi connectivity index (χ2n) is 7.85. The molecule has 0 saturated heterocycles. The van der Waals surface area contributed by atoms with Crippen LogP contribution in [0.2, 0.25) is 0 Å². The smallest absolute Gasteiger partial charge is 0.307 e. The number of carbonyl (C=O) groups excluding carboxylic acids is 1. The van der Waals surface area contributed by atoms with E-state index < -0.39 is 5.60 Å². The van der Waals surface area contributed by atoms with Crippen molar-refractivity contribution in [3.05, 3.63) is 41.5 Å². The molecular weight excluding hydrogens is 312 g/mol. The monoisotopic (exact) mass is 346 g/mol. The fourth-order valence-electron chi connectivity index (χ4n) is 2.56. The number of hydrogen-bond donors (Lipinski definition) is 1. The van der Waals surface area contributed by atoms with Crippen LogP contribution in [0.3, 0.4) is 0 Å². The lowest BCUT2D eigenvalue weighted by molar-refractivity contribution is -0.155. The van der Waals surface area contributed by atoms with Crippen LogP contribution in [-0.2, 0) is 16.1 Å². The van der Waals surface area contributed by atoms with Gasteiger partial charge in [-0.1, -0.05) is 38.1 Å². The van der Waals surface area contributed by atoms with Crippen molar-refractivity contribution in [3.8, 4) is 0 Å². The summed E-state index contributed by atoms with van der Waals surface area (Å²) in [6.07, 6.45) is 2.63. The molecule has 0 aliphatic carbocycles. The Kier molecular flexibility index (Phi) is 8.17. The zero-order chi connectivity index (χ0) is 19.0. The number of carbonyl (C=O) groups is 1. The van der Waals surface area contributed by atoms with Gasteiger partial charge in [0.2, 0.25) is 0 Å². The first-order valence-corrected chi connectivity index (χ1v) is 9.00. The summed E-state index contributed by atoms with van der Waals surface area (Å²) in [6, 6.07) is 8.53. The Labute approximate surface area is 153 Å². The number of nitrogens with one attached hydrogen (secondary N) is 1. The maximum atomic E-state index is 11.8. The number of rotatable bonds is 8. The number of esters is 1. The Hall–Kier alpha value is -1.81. The third-order valence-electron chi connectivity index (χ3n) is 3.58. The normalized spacial score (nSPS) is 12.6. The average molecular weight is 347 g/mol. The lowest BCUT2D eigenvalue weighted by Gasteiger charge is -2.21. The third kappa shape index (κ3) is 8.73. The summed E-state index contributed by atoms with van der Waals surface area (Å²) < 4.78 is 5.36. The number of ether oxygens (including phenoxy) is 1. The van der Waals surface area contributed by atoms with Crippen LogP contribution < -0.4 is 5.32 Å². The Bertz CT molecular complexity index is 586. The Morgan fingerprint density at radius 3 is 2.56 bits per heavy atom. The molecule has 0 aromatic heterocycles. The predicted molar refractivity (Wildman–Crippen MR) is 105 cm³/mol. The molecule has 1 aromatic carbocycles. The van der Waals surface area contributed by atoms with Crippen molar-refractivity contribution >= 4 is 11.7 Å². The predicted octanol–water partition coefficient (Wildman–Crippen LogP) is 4.07. The highest BCUT2D eigenvalue weighted by Crippen LogP contribution is 2.17. The van der Waals surface area contributed by atoms with Crippen LogP contribution in [0.5, 0.6) is 0 Å². The van der Waals surface area contributed by atoms with Crippen molar-refractivity contribution in [2.24, 2.45) is 5.92 Å². The van der Waals surface area contributed by atoms with E-state index in [1.165, 1.54) is 11.1 Å². The summed E-state index contributed by atoms with van der Waals surface area (Å²) >= 11 is 0. The summed E-state index contributed by atoms with van der Waals surface area (Å²) in [6.45, 7) is 11.5. The van der Waals surface area contributed by atoms with Gasteiger partial charge in [0, 0.05) is 25.8 Å². The van der Waals surface area contributed by atoms with Crippen molar-refractivity contribution in [2.75, 3.05) is 20.6 Å². The maximum Gasteiger partial charge on any atom is 0.307 e. The second kappa shape index (κ2) is 9.62. The van der Waals surface area contributed by atoms with E-state index >= 15 is 0 Å². The highest BCUT2D eigenvalue weighted by molar-refractivity contribution is 5.70. The second-order valence-corrected chi connectivity index (χ2v) is 7.85. The lowest BCUT2D eigenvalue weighted by Crippen LogP contribution is -2.27. The topological polar surface area (TPSA) is 41.6 Å². The SMILES string of the molecule is CN/C(=C/C(C)C)c1cccc(CN(C)CCC(=O)OC(C)(C)C)c1. The quantitative estimate of drug-likeness (QED) is 0.721. The largest absolute Gasteiger partial charge is 0.460 e. The van der Waals surface area contributed by atoms with Crippen molar-refractivity contribution < 1.29 is 9.53 Å². The molecule has 25 heavy (non-hydrogen) atoms. The van der Waals surface area contributed by atoms with Gasteiger partial charge in [-0.05, 0) is 50.9 Å². The zero-order valence-corrected chi connectivity index (χ0v) is 16.8. The molecule has 140 valence electrons. The standard InChI is InChI=1S/C21H34N2O2/c1-16(2)13-19(22-6)18-10-8-9-17(14-18)15-23(7)12-11-20(24)25-21(3,4)5/h8-10,13-14,16,22H,11-12,15H2,1-7H3/b19-13+. The first-order valence-electron chi connectivity index (χ1n) is 9.00. The van der Waals surface area contributed by atoms with Crippen molar-refractivity contribution in [1.29, 1.82) is 0 Å². The number of benzene rings is 1. The third-order valence-corrected chi connectivity index (χ3v) is 3.58. The highest BCUT2D eigenvalue weighted by Gasteiger charge is 2.16. The molecule has 1 rings (SSSR count). The van der Waals surface area contributed by atoms with Crippen LogP contribution in [0.25, 0.3) is 5.70 Å². The van der Waals surface area contributed by atoms with Crippen LogP contribution in [0.1, 0.15) is 52.2 Å². The van der Waals surface area contributed by atoms with Gasteiger partial charge in [-0.25, -0.2) is 0 Å². The van der Waals surface area contributed by atoms with E-state index in [-0.39, 0.29) is 5.97 Å². The van der Waals surface area contributed by atoms with Crippen LogP contribution in [0.15, 0.2) is 30.3 Å². The Morgan fingerprint density at radius 1 is 1.32 bits per heavy atom. The van der Waals surface area contributed by atoms with Gasteiger partial charge < -0.3 is 15.0 Å². The minimum Gasteiger partial charge on any atom is -0.460 e. The minimum absolute atomic E-state index is 0.148. The van der Waals surface area contributed by atoms with E-state index in [2.05, 4.69) is 54.4 Å². The fraction of sp³-hybridized carbons (Fsp3) is 0.571. The Morgan fingerprint density at radius 2 is 2.00 bits per heavy atom. The van der Waals surface area contributed by atoms with E-state index in [9.17, 15) is 4.79 Å². The van der Waals surface area contributed by atoms with E-state index in [4.69, 9.17) is 4.74 Å². The molecule has 0 aliphatic rings. The molecular formula is C21H34N2O2. The maximum absolute atomic E-state index is 11.8. The zero-order valence-electron chi connectivity index (χ0n) is 16.8. The van der Waals surface area contributed by atoms with Gasteiger partial charge in [-0.2, -0.15) is 0 Å². The molecule has 4 nitrogen and oxygen atoms in total. The molecule has 1 aromatic rings. The molecule has 0 bridgehead atoms. The molecule has 0 unspecified atom stereocenters. The molecule has 0 heterocycles. The van der Waals surface area contributed by atoms with E-state index in [1.54, 1.807) is 0 Å². The van der Waals surface area contributed by atoms with Crippen molar-refractivity contribution in [2.45, 2.75) is 53.2 Å². The summed E-state index contributed by atoms with van der Waals surface area (Å²) in [5, 5.41) is 3.28. The van der Waals surface area contributed by atoms with E-state index in [1.807, 2.05) is 34.9 Å². The van der Waals surface area contributed by atoms with Crippen molar-refractivity contribution in [3.63, 3.8) is 0 Å². The van der Waals surface area contributed by atoms with Gasteiger partial charge in [0.15, 0.2) is 0 Å². The molecule has 0 atom stereocenters. The minimum atomic E-state index is -0.420. The highest BCUT2D eigenvalue weighted by atomic mass is 16.6. The summed E-state index contributed by atoms with van der Waals surface area (Å²) in [7, 11) is 3.98. The number of hydrogen-bond acceptors (Lipinski definition) is 4. The molecule has 0 saturated carbocycles. The van der Waals surface area contributed by atoms with Crippen LogP contribution in [0, 0.1) is 5.92 Å². The number of nitrogens with zero attached hydrogens (tertiary/aromatic N) is 1. The van der Waals surface area contributed by atoms with E-state index in [0.29, 0.717) is 18.9 Å². The van der Waals surface area contributed by atoms with Gasteiger partial charge in [0.05, 0.1) is 6.42 Å². The van der Waals surface area contributed by atoms with Gasteiger partial charge in [0.1, 0.15) is 5.60 Å². The van der Waals surface area contributed by atoms with Gasteiger partial charge in [-0.3, -0.25) is 4.79 Å². The van der Waals surface area contributed by atoms with Crippen LogP contribution in [-0.4, -0.2) is 37.1 Å². The first kappa shape index (κ1) is 21.2. The molecule has 0 aliphatic heterocycles. The first-order chi connectivity index (χ1) is 11.6. The Balaban J connectivity index is 2.65. The van der Waals surface area contributed by atoms with Crippen LogP contribution >= 0.6 is 0 Å². The molecule has 4 heteroatoms. The average Bonchev–Trinajstić information content (AvgIpc) is 2.49. The van der Waals surface area contributed by atoms with Crippen molar-refractivity contribution in [1.82, 2.24) is 10.2 Å². The molecule has 1 N–H and O–H groups in total. The molecule has 0 amide bonds. The molecule has 0 spiro atoms. The van der Waals surface area contributed by atoms with Gasteiger partial charge in [-0.15, -0.1) is 0 Å². The van der Waals surface area contributed by atoms with Crippen LogP contribution in [0.4, 0.5) is 0 Å². The lowest BCUT2D eigenvalue weighted by atomic mass is 10.0. The molecule has 0 fully saturated rings. The summed E-state index contributed by atoms with van der Waals surface area (Å²) in [5.74, 6) is 0.341. The van der Waals surface area contributed by atoms with E-state index in [0.717, 1.165) is 12.2 Å².